The fourth-order valence-electron chi connectivity index (χ4n) is 5.23. The lowest BCUT2D eigenvalue weighted by atomic mass is 9.62. The molecule has 7 heteroatoms. The smallest absolute Gasteiger partial charge is 0.256 e. The zero-order valence-corrected chi connectivity index (χ0v) is 21.5. The van der Waals surface area contributed by atoms with Crippen molar-refractivity contribution >= 4 is 17.3 Å². The first-order chi connectivity index (χ1) is 18.6. The van der Waals surface area contributed by atoms with Crippen molar-refractivity contribution in [2.24, 2.45) is 0 Å². The van der Waals surface area contributed by atoms with Crippen LogP contribution in [0.3, 0.4) is 0 Å². The number of hydrogen-bond donors (Lipinski definition) is 0. The highest BCUT2D eigenvalue weighted by molar-refractivity contribution is 6.47. The molecule has 0 bridgehead atoms. The van der Waals surface area contributed by atoms with Crippen molar-refractivity contribution in [2.45, 2.75) is 11.3 Å². The highest BCUT2D eigenvalue weighted by atomic mass is 16.5. The molecule has 2 unspecified atom stereocenters. The molecule has 2 aromatic carbocycles. The maximum atomic E-state index is 14.3. The van der Waals surface area contributed by atoms with Gasteiger partial charge in [0.05, 0.1) is 32.8 Å². The minimum Gasteiger partial charge on any atom is -0.491 e. The van der Waals surface area contributed by atoms with Crippen LogP contribution in [0, 0.1) is 0 Å². The number of Topliss-reactive ketones (excluding diaryl/α,β-unsaturated/α-hetero) is 2. The van der Waals surface area contributed by atoms with Crippen LogP contribution in [0.15, 0.2) is 91.2 Å². The first-order valence-electron chi connectivity index (χ1n) is 12.6. The monoisotopic (exact) mass is 510 g/mol. The minimum atomic E-state index is -1.29. The summed E-state index contributed by atoms with van der Waals surface area (Å²) in [5, 5.41) is 0. The maximum Gasteiger partial charge on any atom is 0.256 e. The molecule has 1 aliphatic heterocycles. The van der Waals surface area contributed by atoms with Crippen LogP contribution in [0.1, 0.15) is 27.4 Å². The summed E-state index contributed by atoms with van der Waals surface area (Å²) in [5.41, 5.74) is 1.58. The van der Waals surface area contributed by atoms with E-state index in [0.717, 1.165) is 29.9 Å². The van der Waals surface area contributed by atoms with Gasteiger partial charge in [-0.2, -0.15) is 0 Å². The standard InChI is InChI=1S/C31H30N2O5/c1-36-27-20-23(21-32-30(27)37-2)26-10-6-7-15-31(26,29(35)28(34)22-8-4-3-5-9-22)24-11-13-25(14-12-24)33-16-18-38-19-17-33/h3-15,20-21,26H,16-19H2,1-2H3. The summed E-state index contributed by atoms with van der Waals surface area (Å²) in [5.74, 6) is -0.760. The predicted octanol–water partition coefficient (Wildman–Crippen LogP) is 4.54. The molecule has 194 valence electrons. The maximum absolute atomic E-state index is 14.3. The fourth-order valence-corrected chi connectivity index (χ4v) is 5.23. The zero-order chi connectivity index (χ0) is 26.5. The van der Waals surface area contributed by atoms with Crippen LogP contribution in [-0.2, 0) is 14.9 Å². The molecule has 3 aromatic rings. The molecule has 7 nitrogen and oxygen atoms in total. The molecule has 5 rings (SSSR count). The van der Waals surface area contributed by atoms with E-state index in [0.29, 0.717) is 30.4 Å². The molecular weight excluding hydrogens is 480 g/mol. The molecule has 0 spiro atoms. The Morgan fingerprint density at radius 1 is 0.974 bits per heavy atom. The van der Waals surface area contributed by atoms with Gasteiger partial charge in [-0.15, -0.1) is 0 Å². The summed E-state index contributed by atoms with van der Waals surface area (Å²) in [6, 6.07) is 18.4. The first kappa shape index (κ1) is 25.4. The molecular formula is C31H30N2O5. The fraction of sp³-hybridized carbons (Fsp3) is 0.258. The van der Waals surface area contributed by atoms with Crippen LogP contribution < -0.4 is 14.4 Å². The number of anilines is 1. The van der Waals surface area contributed by atoms with Gasteiger partial charge in [-0.3, -0.25) is 9.59 Å². The van der Waals surface area contributed by atoms with Crippen LogP contribution in [0.4, 0.5) is 5.69 Å². The quantitative estimate of drug-likeness (QED) is 0.325. The third-order valence-electron chi connectivity index (χ3n) is 7.22. The highest BCUT2D eigenvalue weighted by Crippen LogP contribution is 2.46. The number of ether oxygens (including phenoxy) is 3. The van der Waals surface area contributed by atoms with Gasteiger partial charge >= 0.3 is 0 Å². The zero-order valence-electron chi connectivity index (χ0n) is 21.5. The van der Waals surface area contributed by atoms with Gasteiger partial charge in [-0.05, 0) is 29.3 Å². The second-order valence-electron chi connectivity index (χ2n) is 9.24. The molecule has 0 amide bonds. The molecule has 1 aliphatic carbocycles. The number of carbonyl (C=O) groups is 2. The molecule has 1 saturated heterocycles. The van der Waals surface area contributed by atoms with Crippen LogP contribution in [0.25, 0.3) is 0 Å². The Morgan fingerprint density at radius 2 is 1.71 bits per heavy atom. The van der Waals surface area contributed by atoms with E-state index in [1.807, 2.05) is 60.7 Å². The molecule has 2 atom stereocenters. The van der Waals surface area contributed by atoms with Gasteiger partial charge in [0.15, 0.2) is 5.75 Å². The molecule has 2 aliphatic rings. The summed E-state index contributed by atoms with van der Waals surface area (Å²) in [6.07, 6.45) is 9.17. The van der Waals surface area contributed by atoms with Crippen molar-refractivity contribution in [3.05, 3.63) is 108 Å². The van der Waals surface area contributed by atoms with Gasteiger partial charge in [0, 0.05) is 36.5 Å². The number of hydrogen-bond acceptors (Lipinski definition) is 7. The number of carbonyl (C=O) groups excluding carboxylic acids is 2. The van der Waals surface area contributed by atoms with E-state index in [4.69, 9.17) is 14.2 Å². The average molecular weight is 511 g/mol. The van der Waals surface area contributed by atoms with E-state index >= 15 is 0 Å². The van der Waals surface area contributed by atoms with Gasteiger partial charge in [0.2, 0.25) is 11.6 Å². The summed E-state index contributed by atoms with van der Waals surface area (Å²) < 4.78 is 16.3. The van der Waals surface area contributed by atoms with Crippen molar-refractivity contribution in [3.63, 3.8) is 0 Å². The Labute approximate surface area is 222 Å². The number of nitrogens with zero attached hydrogens (tertiary/aromatic N) is 2. The average Bonchev–Trinajstić information content (AvgIpc) is 3.00. The number of ketones is 2. The van der Waals surface area contributed by atoms with Gasteiger partial charge < -0.3 is 19.1 Å². The van der Waals surface area contributed by atoms with Crippen molar-refractivity contribution in [1.82, 2.24) is 4.98 Å². The Kier molecular flexibility index (Phi) is 7.38. The van der Waals surface area contributed by atoms with E-state index in [2.05, 4.69) is 9.88 Å². The van der Waals surface area contributed by atoms with Gasteiger partial charge in [0.1, 0.15) is 0 Å². The normalized spacial score (nSPS) is 20.7. The molecule has 0 N–H and O–H groups in total. The summed E-state index contributed by atoms with van der Waals surface area (Å²) in [6.45, 7) is 2.96. The number of rotatable bonds is 8. The topological polar surface area (TPSA) is 78.0 Å². The van der Waals surface area contributed by atoms with E-state index < -0.39 is 22.9 Å². The second-order valence-corrected chi connectivity index (χ2v) is 9.24. The number of methoxy groups -OCH3 is 2. The SMILES string of the molecule is COc1cc(C2C=CC=CC2(C(=O)C(=O)c2ccccc2)c2ccc(N3CCOCC3)cc2)cnc1OC. The van der Waals surface area contributed by atoms with Crippen molar-refractivity contribution in [1.29, 1.82) is 0 Å². The third kappa shape index (κ3) is 4.61. The van der Waals surface area contributed by atoms with Crippen LogP contribution in [0.2, 0.25) is 0 Å². The summed E-state index contributed by atoms with van der Waals surface area (Å²) in [4.78, 5) is 34.7. The second kappa shape index (κ2) is 11.0. The highest BCUT2D eigenvalue weighted by Gasteiger charge is 2.48. The lowest BCUT2D eigenvalue weighted by Crippen LogP contribution is -2.44. The van der Waals surface area contributed by atoms with Crippen LogP contribution >= 0.6 is 0 Å². The largest absolute Gasteiger partial charge is 0.491 e. The Morgan fingerprint density at radius 3 is 2.39 bits per heavy atom. The number of pyridine rings is 1. The lowest BCUT2D eigenvalue weighted by molar-refractivity contribution is -0.119. The number of allylic oxidation sites excluding steroid dienone is 4. The van der Waals surface area contributed by atoms with Crippen molar-refractivity contribution < 1.29 is 23.8 Å². The summed E-state index contributed by atoms with van der Waals surface area (Å²) in [7, 11) is 3.07. The Balaban J connectivity index is 1.64. The van der Waals surface area contributed by atoms with E-state index in [9.17, 15) is 9.59 Å². The molecule has 0 saturated carbocycles. The number of morpholine rings is 1. The Bertz CT molecular complexity index is 1360. The minimum absolute atomic E-state index is 0.346. The van der Waals surface area contributed by atoms with Crippen molar-refractivity contribution in [3.8, 4) is 11.6 Å². The van der Waals surface area contributed by atoms with E-state index in [-0.39, 0.29) is 0 Å². The molecule has 1 aromatic heterocycles. The first-order valence-corrected chi connectivity index (χ1v) is 12.6. The number of benzene rings is 2. The van der Waals surface area contributed by atoms with Gasteiger partial charge in [-0.25, -0.2) is 4.98 Å². The van der Waals surface area contributed by atoms with Crippen LogP contribution in [-0.4, -0.2) is 57.1 Å². The molecule has 0 radical (unpaired) electrons. The molecule has 2 heterocycles. The van der Waals surface area contributed by atoms with Crippen molar-refractivity contribution in [2.75, 3.05) is 45.4 Å². The van der Waals surface area contributed by atoms with Gasteiger partial charge in [-0.1, -0.05) is 66.8 Å². The number of aromatic nitrogens is 1. The van der Waals surface area contributed by atoms with Gasteiger partial charge in [0.25, 0.3) is 5.88 Å². The van der Waals surface area contributed by atoms with Crippen LogP contribution in [0.5, 0.6) is 11.6 Å². The molecule has 1 fully saturated rings. The van der Waals surface area contributed by atoms with E-state index in [1.165, 1.54) is 7.11 Å². The Hall–Kier alpha value is -4.23. The third-order valence-corrected chi connectivity index (χ3v) is 7.22. The summed E-state index contributed by atoms with van der Waals surface area (Å²) >= 11 is 0. The lowest BCUT2D eigenvalue weighted by Gasteiger charge is -2.38. The van der Waals surface area contributed by atoms with E-state index in [1.54, 1.807) is 37.6 Å². The molecule has 38 heavy (non-hydrogen) atoms. The predicted molar refractivity (Wildman–Crippen MR) is 145 cm³/mol.